The Morgan fingerprint density at radius 3 is 1.86 bits per heavy atom. The average Bonchev–Trinajstić information content (AvgIpc) is 4.11. The van der Waals surface area contributed by atoms with Gasteiger partial charge >= 0.3 is 5.97 Å². The summed E-state index contributed by atoms with van der Waals surface area (Å²) < 4.78 is 74.7. The summed E-state index contributed by atoms with van der Waals surface area (Å²) in [6.07, 6.45) is 10.4. The highest BCUT2D eigenvalue weighted by Crippen LogP contribution is 2.46. The molecule has 3 N–H and O–H groups in total. The molecule has 17 nitrogen and oxygen atoms in total. The van der Waals surface area contributed by atoms with E-state index in [1.165, 1.54) is 43.2 Å². The number of β-amino-alcohol motifs (C(OH)–C–C–N with tert-alkyl or cyclic N) is 1. The van der Waals surface area contributed by atoms with Crippen molar-refractivity contribution in [2.24, 2.45) is 5.41 Å². The van der Waals surface area contributed by atoms with E-state index in [1.54, 1.807) is 12.3 Å². The van der Waals surface area contributed by atoms with Crippen LogP contribution in [0.4, 0.5) is 0 Å². The molecule has 1 saturated heterocycles. The second kappa shape index (κ2) is 21.3. The molecule has 0 spiro atoms. The summed E-state index contributed by atoms with van der Waals surface area (Å²) in [6.45, 7) is 2.56. The number of carbonyl (C=O) groups is 1. The number of aliphatic hydroxyl groups excluding tert-OH is 2. The normalized spacial score (nSPS) is 18.5. The van der Waals surface area contributed by atoms with Crippen LogP contribution in [0.5, 0.6) is 23.5 Å². The molecule has 2 aliphatic carbocycles. The second-order valence-corrected chi connectivity index (χ2v) is 23.7. The van der Waals surface area contributed by atoms with Crippen LogP contribution in [0, 0.1) is 5.41 Å². The number of aliphatic carboxylic acids is 1. The average molecular weight is 1050 g/mol. The van der Waals surface area contributed by atoms with E-state index in [0.717, 1.165) is 58.9 Å². The lowest BCUT2D eigenvalue weighted by Gasteiger charge is -2.23. The van der Waals surface area contributed by atoms with Crippen LogP contribution in [0.15, 0.2) is 101 Å². The molecule has 0 bridgehead atoms. The Morgan fingerprint density at radius 2 is 1.33 bits per heavy atom. The first-order valence-electron chi connectivity index (χ1n) is 23.9. The fourth-order valence-electron chi connectivity index (χ4n) is 9.56. The third-order valence-corrected chi connectivity index (χ3v) is 16.2. The number of aromatic nitrogens is 4. The van der Waals surface area contributed by atoms with E-state index in [1.807, 2.05) is 30.3 Å². The van der Waals surface area contributed by atoms with Crippen molar-refractivity contribution in [3.05, 3.63) is 141 Å². The molecule has 0 unspecified atom stereocenters. The Balaban J connectivity index is 0.948. The molecule has 4 atom stereocenters. The Hall–Kier alpha value is -6.22. The number of aliphatic hydroxyl groups is 2. The number of pyridine rings is 4. The molecule has 9 rings (SSSR count). The number of sulfone groups is 2. The number of carboxylic acid groups (broad SMARTS) is 1. The first kappa shape index (κ1) is 51.7. The van der Waals surface area contributed by atoms with Gasteiger partial charge in [0.15, 0.2) is 19.7 Å². The lowest BCUT2D eigenvalue weighted by atomic mass is 9.85. The number of fused-ring (bicyclic) bond motifs is 2. The maximum Gasteiger partial charge on any atom is 0.311 e. The Kier molecular flexibility index (Phi) is 15.1. The van der Waals surface area contributed by atoms with E-state index in [-0.39, 0.29) is 58.7 Å². The summed E-state index contributed by atoms with van der Waals surface area (Å²) in [5.41, 5.74) is 7.38. The molecule has 73 heavy (non-hydrogen) atoms. The van der Waals surface area contributed by atoms with Crippen LogP contribution >= 0.6 is 11.6 Å². The van der Waals surface area contributed by atoms with Gasteiger partial charge in [0.1, 0.15) is 30.4 Å². The standard InChI is InChI=1S/C53H56ClN5O12S2/c1-53(31-60,52(62)63)18-16-34-22-45(54)51(58-49(34)68-29-32-20-37(25-55-23-32)72(2,64)65)71-47-14-12-42-40(7-5-9-44(42)47)39-6-4-8-43-41(39)11-13-46(43)70-48-15-10-35(27-59-19-17-36(61)28-59)50(57-48)69-30-33-21-38(26-56-24-33)73(3,66)67/h4-10,15,20-26,36,46-47,60-61H,11-14,16-19,27-31H2,1-3H3,(H,62,63)/t36-,46+,47+,53+/m1/s1. The fraction of sp³-hybridized carbons (Fsp3) is 0.377. The predicted octanol–water partition coefficient (Wildman–Crippen LogP) is 7.27. The molecule has 4 aromatic heterocycles. The molecular formula is C53H56ClN5O12S2. The van der Waals surface area contributed by atoms with Gasteiger partial charge in [-0.2, -0.15) is 9.97 Å². The Morgan fingerprint density at radius 1 is 0.753 bits per heavy atom. The van der Waals surface area contributed by atoms with E-state index >= 15 is 0 Å². The quantitative estimate of drug-likeness (QED) is 0.0681. The number of rotatable bonds is 20. The third-order valence-electron chi connectivity index (χ3n) is 13.7. The third kappa shape index (κ3) is 11.8. The summed E-state index contributed by atoms with van der Waals surface area (Å²) in [7, 11) is -7.02. The summed E-state index contributed by atoms with van der Waals surface area (Å²) in [4.78, 5) is 32.1. The first-order valence-corrected chi connectivity index (χ1v) is 28.1. The minimum absolute atomic E-state index is 0.0269. The van der Waals surface area contributed by atoms with E-state index in [4.69, 9.17) is 40.5 Å². The Labute approximate surface area is 429 Å². The molecule has 20 heteroatoms. The van der Waals surface area contributed by atoms with E-state index < -0.39 is 49.9 Å². The highest BCUT2D eigenvalue weighted by molar-refractivity contribution is 7.91. The van der Waals surface area contributed by atoms with Gasteiger partial charge in [0.25, 0.3) is 0 Å². The molecule has 6 aromatic rings. The van der Waals surface area contributed by atoms with Gasteiger partial charge in [0.2, 0.25) is 23.5 Å². The van der Waals surface area contributed by atoms with Gasteiger partial charge in [-0.25, -0.2) is 16.8 Å². The second-order valence-electron chi connectivity index (χ2n) is 19.3. The molecule has 1 aliphatic heterocycles. The van der Waals surface area contributed by atoms with Gasteiger partial charge in [0.05, 0.1) is 27.9 Å². The number of carboxylic acids is 1. The lowest BCUT2D eigenvalue weighted by Crippen LogP contribution is -2.32. The zero-order valence-electron chi connectivity index (χ0n) is 40.5. The van der Waals surface area contributed by atoms with Gasteiger partial charge in [-0.15, -0.1) is 0 Å². The lowest BCUT2D eigenvalue weighted by molar-refractivity contribution is -0.150. The number of hydrogen-bond acceptors (Lipinski definition) is 16. The molecule has 384 valence electrons. The van der Waals surface area contributed by atoms with Crippen LogP contribution in [0.1, 0.15) is 89.3 Å². The van der Waals surface area contributed by atoms with Gasteiger partial charge in [-0.1, -0.05) is 48.0 Å². The molecule has 2 aromatic carbocycles. The van der Waals surface area contributed by atoms with E-state index in [0.29, 0.717) is 67.2 Å². The van der Waals surface area contributed by atoms with Crippen molar-refractivity contribution in [2.75, 3.05) is 32.2 Å². The SMILES string of the molecule is C[C@@](CO)(CCc1cc(Cl)c(O[C@H]2CCc3c(-c4cccc5c4CC[C@@H]5Oc4ccc(CN5CC[C@@H](O)C5)c(OCc5cncc(S(C)(=O)=O)c5)n4)cccc32)nc1OCc1cncc(S(C)(=O)=O)c1)C(=O)O. The van der Waals surface area contributed by atoms with Gasteiger partial charge in [-0.3, -0.25) is 19.7 Å². The summed E-state index contributed by atoms with van der Waals surface area (Å²) in [5.74, 6) is -0.204. The number of halogens is 1. The van der Waals surface area contributed by atoms with Crippen molar-refractivity contribution in [3.63, 3.8) is 0 Å². The smallest absolute Gasteiger partial charge is 0.311 e. The van der Waals surface area contributed by atoms with Crippen LogP contribution in [-0.4, -0.2) is 101 Å². The molecule has 0 saturated carbocycles. The zero-order valence-corrected chi connectivity index (χ0v) is 42.9. The largest absolute Gasteiger partial charge is 0.481 e. The Bertz CT molecular complexity index is 3290. The molecular weight excluding hydrogens is 998 g/mol. The van der Waals surface area contributed by atoms with Gasteiger partial charge < -0.3 is 34.3 Å². The molecule has 3 aliphatic rings. The number of benzene rings is 2. The summed E-state index contributed by atoms with van der Waals surface area (Å²) in [5, 5.41) is 30.2. The van der Waals surface area contributed by atoms with Crippen LogP contribution in [0.2, 0.25) is 5.02 Å². The topological polar surface area (TPSA) is 238 Å². The molecule has 0 radical (unpaired) electrons. The van der Waals surface area contributed by atoms with Crippen LogP contribution in [0.25, 0.3) is 11.1 Å². The van der Waals surface area contributed by atoms with Crippen LogP contribution in [0.3, 0.4) is 0 Å². The highest BCUT2D eigenvalue weighted by atomic mass is 35.5. The number of nitrogens with zero attached hydrogens (tertiary/aromatic N) is 5. The maximum atomic E-state index is 12.3. The molecule has 0 amide bonds. The van der Waals surface area contributed by atoms with Crippen molar-refractivity contribution in [2.45, 2.75) is 99.7 Å². The van der Waals surface area contributed by atoms with Gasteiger partial charge in [0, 0.05) is 85.3 Å². The fourth-order valence-corrected chi connectivity index (χ4v) is 11.0. The number of likely N-dealkylation sites (tertiary alicyclic amines) is 1. The summed E-state index contributed by atoms with van der Waals surface area (Å²) in [6, 6.07) is 20.8. The number of aryl methyl sites for hydroxylation is 1. The van der Waals surface area contributed by atoms with Gasteiger partial charge in [-0.05, 0) is 110 Å². The highest BCUT2D eigenvalue weighted by Gasteiger charge is 2.35. The molecule has 1 fully saturated rings. The zero-order chi connectivity index (χ0) is 51.7. The van der Waals surface area contributed by atoms with E-state index in [9.17, 15) is 36.9 Å². The first-order chi connectivity index (χ1) is 34.8. The number of ether oxygens (including phenoxy) is 4. The van der Waals surface area contributed by atoms with Crippen molar-refractivity contribution in [1.29, 1.82) is 0 Å². The minimum Gasteiger partial charge on any atom is -0.481 e. The van der Waals surface area contributed by atoms with Crippen LogP contribution in [-0.2, 0) is 63.5 Å². The van der Waals surface area contributed by atoms with Crippen molar-refractivity contribution >= 4 is 37.2 Å². The van der Waals surface area contributed by atoms with Crippen molar-refractivity contribution in [1.82, 2.24) is 24.8 Å². The maximum absolute atomic E-state index is 12.3. The minimum atomic E-state index is -3.54. The van der Waals surface area contributed by atoms with Crippen molar-refractivity contribution in [3.8, 4) is 34.6 Å². The predicted molar refractivity (Wildman–Crippen MR) is 269 cm³/mol. The molecule has 5 heterocycles. The summed E-state index contributed by atoms with van der Waals surface area (Å²) >= 11 is 6.88. The monoisotopic (exact) mass is 1050 g/mol. The van der Waals surface area contributed by atoms with Crippen LogP contribution < -0.4 is 18.9 Å². The van der Waals surface area contributed by atoms with Crippen molar-refractivity contribution < 1.29 is 55.9 Å². The van der Waals surface area contributed by atoms with E-state index in [2.05, 4.69) is 33.1 Å². The number of hydrogen-bond donors (Lipinski definition) is 3.